The summed E-state index contributed by atoms with van der Waals surface area (Å²) in [6.45, 7) is 3.69. The molecule has 0 aliphatic carbocycles. The fourth-order valence-electron chi connectivity index (χ4n) is 3.80. The van der Waals surface area contributed by atoms with Crippen molar-refractivity contribution in [1.82, 2.24) is 0 Å². The van der Waals surface area contributed by atoms with E-state index in [2.05, 4.69) is 15.5 Å². The number of halogens is 2. The molecule has 38 heavy (non-hydrogen) atoms. The summed E-state index contributed by atoms with van der Waals surface area (Å²) >= 11 is 12.3. The third kappa shape index (κ3) is 5.58. The van der Waals surface area contributed by atoms with Crippen molar-refractivity contribution >= 4 is 67.1 Å². The molecule has 1 amide bonds. The SMILES string of the molecule is CCOc1ccc(NC(=O)c2cc3ccccc3c(N=Nc3ccc(Cl)c(C)c3S(=O)(=O)O)c2O)c(Cl)c1. The van der Waals surface area contributed by atoms with Crippen LogP contribution < -0.4 is 10.1 Å². The molecule has 0 unspecified atom stereocenters. The maximum absolute atomic E-state index is 13.2. The van der Waals surface area contributed by atoms with Gasteiger partial charge in [0.15, 0.2) is 5.75 Å². The molecule has 0 spiro atoms. The lowest BCUT2D eigenvalue weighted by Gasteiger charge is -2.13. The number of benzene rings is 4. The zero-order valence-electron chi connectivity index (χ0n) is 20.1. The van der Waals surface area contributed by atoms with Crippen molar-refractivity contribution in [1.29, 1.82) is 0 Å². The maximum Gasteiger partial charge on any atom is 0.297 e. The fourth-order valence-corrected chi connectivity index (χ4v) is 5.10. The molecule has 0 aliphatic rings. The average Bonchev–Trinajstić information content (AvgIpc) is 2.86. The summed E-state index contributed by atoms with van der Waals surface area (Å²) in [7, 11) is -4.70. The molecule has 4 rings (SSSR count). The van der Waals surface area contributed by atoms with Crippen molar-refractivity contribution in [2.45, 2.75) is 18.7 Å². The molecule has 0 radical (unpaired) electrons. The molecule has 0 saturated carbocycles. The van der Waals surface area contributed by atoms with Gasteiger partial charge in [-0.3, -0.25) is 9.35 Å². The number of amides is 1. The minimum absolute atomic E-state index is 0.0834. The van der Waals surface area contributed by atoms with Crippen molar-refractivity contribution in [2.75, 3.05) is 11.9 Å². The van der Waals surface area contributed by atoms with Crippen LogP contribution in [0.4, 0.5) is 17.1 Å². The van der Waals surface area contributed by atoms with E-state index in [0.717, 1.165) is 0 Å². The predicted molar refractivity (Wildman–Crippen MR) is 146 cm³/mol. The van der Waals surface area contributed by atoms with Gasteiger partial charge in [0, 0.05) is 16.5 Å². The zero-order valence-corrected chi connectivity index (χ0v) is 22.4. The lowest BCUT2D eigenvalue weighted by Crippen LogP contribution is -2.12. The Bertz CT molecular complexity index is 1710. The van der Waals surface area contributed by atoms with E-state index >= 15 is 0 Å². The van der Waals surface area contributed by atoms with Crippen molar-refractivity contribution in [3.8, 4) is 11.5 Å². The number of phenols is 1. The van der Waals surface area contributed by atoms with Crippen LogP contribution in [0, 0.1) is 6.92 Å². The quantitative estimate of drug-likeness (QED) is 0.155. The second-order valence-corrected chi connectivity index (χ2v) is 10.2. The Labute approximate surface area is 228 Å². The van der Waals surface area contributed by atoms with E-state index in [1.54, 1.807) is 42.5 Å². The van der Waals surface area contributed by atoms with E-state index in [9.17, 15) is 22.9 Å². The van der Waals surface area contributed by atoms with Gasteiger partial charge in [-0.05, 0) is 55.1 Å². The van der Waals surface area contributed by atoms with Gasteiger partial charge in [-0.2, -0.15) is 8.42 Å². The number of carbonyl (C=O) groups is 1. The first-order valence-electron chi connectivity index (χ1n) is 11.2. The molecular weight excluding hydrogens is 553 g/mol. The van der Waals surface area contributed by atoms with Crippen LogP contribution in [-0.4, -0.2) is 30.6 Å². The third-order valence-corrected chi connectivity index (χ3v) is 7.33. The van der Waals surface area contributed by atoms with Gasteiger partial charge in [0.2, 0.25) is 0 Å². The van der Waals surface area contributed by atoms with Gasteiger partial charge in [0.05, 0.1) is 22.9 Å². The summed E-state index contributed by atoms with van der Waals surface area (Å²) in [6.07, 6.45) is 0. The summed E-state index contributed by atoms with van der Waals surface area (Å²) < 4.78 is 39.1. The highest BCUT2D eigenvalue weighted by atomic mass is 35.5. The van der Waals surface area contributed by atoms with Crippen LogP contribution in [0.1, 0.15) is 22.8 Å². The first-order chi connectivity index (χ1) is 18.0. The molecule has 0 heterocycles. The van der Waals surface area contributed by atoms with Gasteiger partial charge >= 0.3 is 0 Å². The Morgan fingerprint density at radius 3 is 2.45 bits per heavy atom. The standard InChI is InChI=1S/C26H21Cl2N3O6S/c1-3-37-16-8-10-21(20(28)13-16)29-26(33)18-12-15-6-4-5-7-17(15)23(24(18)32)31-30-22-11-9-19(27)14(2)25(22)38(34,35)36/h4-13,32H,3H2,1-2H3,(H,29,33)(H,34,35,36). The van der Waals surface area contributed by atoms with Crippen molar-refractivity contribution in [3.05, 3.63) is 81.8 Å². The van der Waals surface area contributed by atoms with Crippen LogP contribution in [0.2, 0.25) is 10.0 Å². The molecular formula is C26H21Cl2N3O6S. The lowest BCUT2D eigenvalue weighted by molar-refractivity contribution is 0.102. The number of carbonyl (C=O) groups excluding carboxylic acids is 1. The Morgan fingerprint density at radius 2 is 1.76 bits per heavy atom. The summed E-state index contributed by atoms with van der Waals surface area (Å²) in [5.74, 6) is -0.628. The van der Waals surface area contributed by atoms with E-state index in [0.29, 0.717) is 28.8 Å². The normalized spacial score (nSPS) is 11.7. The van der Waals surface area contributed by atoms with Crippen LogP contribution in [0.15, 0.2) is 75.8 Å². The van der Waals surface area contributed by atoms with Gasteiger partial charge in [-0.25, -0.2) is 0 Å². The average molecular weight is 574 g/mol. The van der Waals surface area contributed by atoms with E-state index in [1.165, 1.54) is 25.1 Å². The lowest BCUT2D eigenvalue weighted by atomic mass is 10.0. The Kier molecular flexibility index (Phi) is 7.89. The molecule has 3 N–H and O–H groups in total. The Hall–Kier alpha value is -3.70. The molecule has 12 heteroatoms. The summed E-state index contributed by atoms with van der Waals surface area (Å²) in [5, 5.41) is 23.1. The minimum atomic E-state index is -4.70. The number of ether oxygens (including phenoxy) is 1. The van der Waals surface area contributed by atoms with E-state index in [1.807, 2.05) is 6.92 Å². The smallest absolute Gasteiger partial charge is 0.297 e. The molecule has 4 aromatic carbocycles. The Morgan fingerprint density at radius 1 is 1.03 bits per heavy atom. The molecule has 196 valence electrons. The van der Waals surface area contributed by atoms with Crippen LogP contribution in [0.5, 0.6) is 11.5 Å². The van der Waals surface area contributed by atoms with Crippen LogP contribution >= 0.6 is 23.2 Å². The molecule has 9 nitrogen and oxygen atoms in total. The first-order valence-corrected chi connectivity index (χ1v) is 13.4. The van der Waals surface area contributed by atoms with Crippen molar-refractivity contribution in [2.24, 2.45) is 10.2 Å². The summed E-state index contributed by atoms with van der Waals surface area (Å²) in [5.41, 5.74) is -0.0240. The second kappa shape index (κ2) is 11.0. The Balaban J connectivity index is 1.80. The summed E-state index contributed by atoms with van der Waals surface area (Å²) in [6, 6.07) is 15.7. The van der Waals surface area contributed by atoms with Crippen molar-refractivity contribution < 1.29 is 27.6 Å². The van der Waals surface area contributed by atoms with Gasteiger partial charge in [-0.1, -0.05) is 47.5 Å². The largest absolute Gasteiger partial charge is 0.505 e. The van der Waals surface area contributed by atoms with Crippen LogP contribution in [0.25, 0.3) is 10.8 Å². The maximum atomic E-state index is 13.2. The van der Waals surface area contributed by atoms with Gasteiger partial charge in [0.25, 0.3) is 16.0 Å². The highest BCUT2D eigenvalue weighted by molar-refractivity contribution is 7.86. The van der Waals surface area contributed by atoms with E-state index < -0.39 is 26.7 Å². The number of nitrogens with one attached hydrogen (secondary N) is 1. The molecule has 0 saturated heterocycles. The molecule has 0 bridgehead atoms. The number of hydrogen-bond donors (Lipinski definition) is 3. The fraction of sp³-hybridized carbons (Fsp3) is 0.115. The van der Waals surface area contributed by atoms with E-state index in [4.69, 9.17) is 27.9 Å². The number of aromatic hydroxyl groups is 1. The van der Waals surface area contributed by atoms with Gasteiger partial charge in [0.1, 0.15) is 22.0 Å². The highest BCUT2D eigenvalue weighted by Crippen LogP contribution is 2.41. The molecule has 0 fully saturated rings. The number of hydrogen-bond acceptors (Lipinski definition) is 7. The first kappa shape index (κ1) is 27.3. The number of fused-ring (bicyclic) bond motifs is 1. The highest BCUT2D eigenvalue weighted by Gasteiger charge is 2.22. The number of phenolic OH excluding ortho intramolecular Hbond substituents is 1. The molecule has 4 aromatic rings. The molecule has 0 aliphatic heterocycles. The van der Waals surface area contributed by atoms with E-state index in [-0.39, 0.29) is 32.5 Å². The third-order valence-electron chi connectivity index (χ3n) is 5.57. The molecule has 0 atom stereocenters. The number of nitrogens with zero attached hydrogens (tertiary/aromatic N) is 2. The second-order valence-electron chi connectivity index (χ2n) is 8.07. The monoisotopic (exact) mass is 573 g/mol. The predicted octanol–water partition coefficient (Wildman–Crippen LogP) is 7.47. The number of azo groups is 1. The topological polar surface area (TPSA) is 138 Å². The van der Waals surface area contributed by atoms with Crippen LogP contribution in [0.3, 0.4) is 0 Å². The van der Waals surface area contributed by atoms with Crippen molar-refractivity contribution in [3.63, 3.8) is 0 Å². The summed E-state index contributed by atoms with van der Waals surface area (Å²) in [4.78, 5) is 12.7. The van der Waals surface area contributed by atoms with Gasteiger partial charge < -0.3 is 15.2 Å². The van der Waals surface area contributed by atoms with Gasteiger partial charge in [-0.15, -0.1) is 10.2 Å². The minimum Gasteiger partial charge on any atom is -0.505 e. The number of anilines is 1. The zero-order chi connectivity index (χ0) is 27.6. The van der Waals surface area contributed by atoms with Crippen LogP contribution in [-0.2, 0) is 10.1 Å². The number of rotatable bonds is 7. The molecule has 0 aromatic heterocycles.